The Balaban J connectivity index is 0.000000385. The topological polar surface area (TPSA) is 46.5 Å². The molecule has 0 atom stereocenters. The highest BCUT2D eigenvalue weighted by Crippen LogP contribution is 2.07. The van der Waals surface area contributed by atoms with Crippen molar-refractivity contribution >= 4 is 5.97 Å². The van der Waals surface area contributed by atoms with Gasteiger partial charge in [-0.25, -0.2) is 4.79 Å². The van der Waals surface area contributed by atoms with Gasteiger partial charge in [-0.05, 0) is 12.1 Å². The lowest BCUT2D eigenvalue weighted by Gasteiger charge is -2.00. The van der Waals surface area contributed by atoms with Crippen molar-refractivity contribution < 1.29 is 14.6 Å². The maximum absolute atomic E-state index is 10.0. The average Bonchev–Trinajstić information content (AvgIpc) is 2.30. The van der Waals surface area contributed by atoms with Crippen molar-refractivity contribution in [3.63, 3.8) is 0 Å². The van der Waals surface area contributed by atoms with E-state index in [2.05, 4.69) is 13.8 Å². The van der Waals surface area contributed by atoms with Gasteiger partial charge in [0.15, 0.2) is 6.61 Å². The highest BCUT2D eigenvalue weighted by Gasteiger charge is 1.96. The first-order valence-corrected chi connectivity index (χ1v) is 5.60. The van der Waals surface area contributed by atoms with E-state index >= 15 is 0 Å². The third-order valence-corrected chi connectivity index (χ3v) is 1.81. The van der Waals surface area contributed by atoms with Crippen LogP contribution in [0.4, 0.5) is 0 Å². The van der Waals surface area contributed by atoms with Crippen LogP contribution < -0.4 is 4.74 Å². The van der Waals surface area contributed by atoms with Crippen molar-refractivity contribution in [2.45, 2.75) is 33.1 Å². The van der Waals surface area contributed by atoms with Crippen LogP contribution in [0, 0.1) is 0 Å². The summed E-state index contributed by atoms with van der Waals surface area (Å²) in [6.45, 7) is 4.14. The molecule has 1 aromatic rings. The SMILES string of the molecule is CCCCC.O=C(O)COc1ccccc1. The molecule has 0 aliphatic rings. The predicted molar refractivity (Wildman–Crippen MR) is 64.8 cm³/mol. The molecule has 1 N–H and O–H groups in total. The summed E-state index contributed by atoms with van der Waals surface area (Å²) in [5.41, 5.74) is 0. The van der Waals surface area contributed by atoms with Gasteiger partial charge < -0.3 is 9.84 Å². The molecule has 90 valence electrons. The molecule has 0 saturated heterocycles. The second-order valence-corrected chi connectivity index (χ2v) is 3.35. The number of carboxylic acids is 1. The third-order valence-electron chi connectivity index (χ3n) is 1.81. The van der Waals surface area contributed by atoms with E-state index < -0.39 is 5.97 Å². The first-order chi connectivity index (χ1) is 7.70. The van der Waals surface area contributed by atoms with E-state index in [1.54, 1.807) is 24.3 Å². The summed E-state index contributed by atoms with van der Waals surface area (Å²) < 4.78 is 4.87. The van der Waals surface area contributed by atoms with Crippen LogP contribution in [0.2, 0.25) is 0 Å². The Morgan fingerprint density at radius 2 is 1.75 bits per heavy atom. The molecule has 16 heavy (non-hydrogen) atoms. The molecule has 3 nitrogen and oxygen atoms in total. The molecule has 0 aliphatic carbocycles. The van der Waals surface area contributed by atoms with Crippen LogP contribution in [0.15, 0.2) is 30.3 Å². The van der Waals surface area contributed by atoms with Crippen LogP contribution in [-0.2, 0) is 4.79 Å². The van der Waals surface area contributed by atoms with Gasteiger partial charge in [0.1, 0.15) is 5.75 Å². The van der Waals surface area contributed by atoms with Crippen molar-refractivity contribution in [3.05, 3.63) is 30.3 Å². The second-order valence-electron chi connectivity index (χ2n) is 3.35. The van der Waals surface area contributed by atoms with Crippen LogP contribution in [-0.4, -0.2) is 17.7 Å². The van der Waals surface area contributed by atoms with Gasteiger partial charge in [-0.3, -0.25) is 0 Å². The first kappa shape index (κ1) is 14.5. The zero-order valence-electron chi connectivity index (χ0n) is 9.98. The molecule has 0 fully saturated rings. The van der Waals surface area contributed by atoms with Gasteiger partial charge in [0, 0.05) is 0 Å². The number of aliphatic carboxylic acids is 1. The molecule has 0 radical (unpaired) electrons. The molecule has 0 aromatic heterocycles. The minimum Gasteiger partial charge on any atom is -0.482 e. The summed E-state index contributed by atoms with van der Waals surface area (Å²) in [7, 11) is 0. The zero-order valence-corrected chi connectivity index (χ0v) is 9.98. The molecule has 0 unspecified atom stereocenters. The number of para-hydroxylation sites is 1. The maximum Gasteiger partial charge on any atom is 0.341 e. The molecule has 0 saturated carbocycles. The molecule has 1 aromatic carbocycles. The zero-order chi connectivity index (χ0) is 12.2. The number of unbranched alkanes of at least 4 members (excludes halogenated alkanes) is 2. The van der Waals surface area contributed by atoms with E-state index in [0.717, 1.165) is 0 Å². The normalized spacial score (nSPS) is 8.88. The Hall–Kier alpha value is -1.51. The summed E-state index contributed by atoms with van der Waals surface area (Å²) >= 11 is 0. The molecule has 0 amide bonds. The fourth-order valence-corrected chi connectivity index (χ4v) is 1.02. The quantitative estimate of drug-likeness (QED) is 0.834. The fourth-order valence-electron chi connectivity index (χ4n) is 1.02. The number of hydrogen-bond acceptors (Lipinski definition) is 2. The molecule has 0 heterocycles. The summed E-state index contributed by atoms with van der Waals surface area (Å²) in [5, 5.41) is 8.25. The van der Waals surface area contributed by atoms with E-state index in [1.165, 1.54) is 19.3 Å². The second kappa shape index (κ2) is 10.0. The third kappa shape index (κ3) is 9.06. The van der Waals surface area contributed by atoms with E-state index in [-0.39, 0.29) is 6.61 Å². The molecular weight excluding hydrogens is 204 g/mol. The summed E-state index contributed by atoms with van der Waals surface area (Å²) in [4.78, 5) is 10.0. The average molecular weight is 224 g/mol. The van der Waals surface area contributed by atoms with Gasteiger partial charge in [0.05, 0.1) is 0 Å². The Labute approximate surface area is 97.1 Å². The minimum atomic E-state index is -0.964. The molecule has 0 spiro atoms. The molecule has 0 aliphatic heterocycles. The van der Waals surface area contributed by atoms with E-state index in [0.29, 0.717) is 5.75 Å². The van der Waals surface area contributed by atoms with Crippen LogP contribution in [0.5, 0.6) is 5.75 Å². The van der Waals surface area contributed by atoms with Gasteiger partial charge in [0.2, 0.25) is 0 Å². The van der Waals surface area contributed by atoms with Gasteiger partial charge in [-0.15, -0.1) is 0 Å². The van der Waals surface area contributed by atoms with E-state index in [4.69, 9.17) is 9.84 Å². The summed E-state index contributed by atoms with van der Waals surface area (Å²) in [6.07, 6.45) is 4.08. The van der Waals surface area contributed by atoms with Crippen LogP contribution in [0.25, 0.3) is 0 Å². The van der Waals surface area contributed by atoms with Gasteiger partial charge >= 0.3 is 5.97 Å². The predicted octanol–water partition coefficient (Wildman–Crippen LogP) is 3.35. The lowest BCUT2D eigenvalue weighted by molar-refractivity contribution is -0.139. The Bertz CT molecular complexity index is 268. The number of carbonyl (C=O) groups is 1. The van der Waals surface area contributed by atoms with Crippen LogP contribution in [0.3, 0.4) is 0 Å². The van der Waals surface area contributed by atoms with Crippen molar-refractivity contribution in [2.75, 3.05) is 6.61 Å². The lowest BCUT2D eigenvalue weighted by Crippen LogP contribution is -2.09. The Morgan fingerprint density at radius 1 is 1.19 bits per heavy atom. The number of carboxylic acid groups (broad SMARTS) is 1. The van der Waals surface area contributed by atoms with E-state index in [1.807, 2.05) is 6.07 Å². The highest BCUT2D eigenvalue weighted by atomic mass is 16.5. The van der Waals surface area contributed by atoms with Crippen LogP contribution >= 0.6 is 0 Å². The first-order valence-electron chi connectivity index (χ1n) is 5.60. The van der Waals surface area contributed by atoms with Crippen LogP contribution in [0.1, 0.15) is 33.1 Å². The lowest BCUT2D eigenvalue weighted by atomic mass is 10.3. The number of ether oxygens (including phenoxy) is 1. The number of benzene rings is 1. The van der Waals surface area contributed by atoms with Crippen molar-refractivity contribution in [2.24, 2.45) is 0 Å². The molecule has 1 rings (SSSR count). The fraction of sp³-hybridized carbons (Fsp3) is 0.462. The van der Waals surface area contributed by atoms with E-state index in [9.17, 15) is 4.79 Å². The molecule has 3 heteroatoms. The molecular formula is C13H20O3. The minimum absolute atomic E-state index is 0.288. The standard InChI is InChI=1S/C8H8O3.C5H12/c9-8(10)6-11-7-4-2-1-3-5-7;1-3-5-4-2/h1-5H,6H2,(H,9,10);3-5H2,1-2H3. The Morgan fingerprint density at radius 3 is 2.12 bits per heavy atom. The summed E-state index contributed by atoms with van der Waals surface area (Å²) in [5.74, 6) is -0.385. The largest absolute Gasteiger partial charge is 0.482 e. The summed E-state index contributed by atoms with van der Waals surface area (Å²) in [6, 6.07) is 8.84. The van der Waals surface area contributed by atoms with Gasteiger partial charge in [0.25, 0.3) is 0 Å². The monoisotopic (exact) mass is 224 g/mol. The number of rotatable bonds is 5. The van der Waals surface area contributed by atoms with Crippen molar-refractivity contribution in [1.29, 1.82) is 0 Å². The van der Waals surface area contributed by atoms with Gasteiger partial charge in [-0.1, -0.05) is 51.3 Å². The van der Waals surface area contributed by atoms with Crippen molar-refractivity contribution in [3.8, 4) is 5.75 Å². The van der Waals surface area contributed by atoms with Gasteiger partial charge in [-0.2, -0.15) is 0 Å². The maximum atomic E-state index is 10.0. The Kier molecular flexibility index (Phi) is 9.08. The molecule has 0 bridgehead atoms. The highest BCUT2D eigenvalue weighted by molar-refractivity contribution is 5.68. The smallest absolute Gasteiger partial charge is 0.341 e. The van der Waals surface area contributed by atoms with Crippen molar-refractivity contribution in [1.82, 2.24) is 0 Å². The number of hydrogen-bond donors (Lipinski definition) is 1.